The number of fused-ring (bicyclic) bond motifs is 1. The van der Waals surface area contributed by atoms with Gasteiger partial charge in [-0.3, -0.25) is 9.80 Å². The number of piperidine rings is 1. The van der Waals surface area contributed by atoms with E-state index in [1.54, 1.807) is 6.26 Å². The number of piperazine rings is 1. The summed E-state index contributed by atoms with van der Waals surface area (Å²) in [6.45, 7) is 7.19. The van der Waals surface area contributed by atoms with Crippen LogP contribution in [0.2, 0.25) is 0 Å². The van der Waals surface area contributed by atoms with E-state index >= 15 is 0 Å². The standard InChI is InChI=1S/C15H24N2O/c1-2-14-10-16-7-4-3-5-15(16)11-17(14)9-13-6-8-18-12-13/h6,8,12,14-15H,2-5,7,9-11H2,1H3. The Kier molecular flexibility index (Phi) is 3.71. The number of furan rings is 1. The Morgan fingerprint density at radius 2 is 2.28 bits per heavy atom. The zero-order chi connectivity index (χ0) is 12.4. The van der Waals surface area contributed by atoms with Crippen molar-refractivity contribution in [1.29, 1.82) is 0 Å². The molecule has 2 aliphatic rings. The molecule has 1 aromatic rings. The maximum Gasteiger partial charge on any atom is 0.0947 e. The maximum absolute atomic E-state index is 5.19. The molecule has 3 heteroatoms. The van der Waals surface area contributed by atoms with Crippen LogP contribution in [0, 0.1) is 0 Å². The molecule has 18 heavy (non-hydrogen) atoms. The lowest BCUT2D eigenvalue weighted by molar-refractivity contribution is 0.00320. The molecule has 1 aromatic heterocycles. The van der Waals surface area contributed by atoms with Crippen LogP contribution in [0.3, 0.4) is 0 Å². The van der Waals surface area contributed by atoms with Crippen LogP contribution in [0.5, 0.6) is 0 Å². The van der Waals surface area contributed by atoms with Gasteiger partial charge in [0.1, 0.15) is 0 Å². The van der Waals surface area contributed by atoms with Gasteiger partial charge < -0.3 is 4.42 Å². The third-order valence-electron chi connectivity index (χ3n) is 4.59. The van der Waals surface area contributed by atoms with Gasteiger partial charge in [0.2, 0.25) is 0 Å². The first kappa shape index (κ1) is 12.2. The lowest BCUT2D eigenvalue weighted by Gasteiger charge is -2.48. The van der Waals surface area contributed by atoms with E-state index in [4.69, 9.17) is 4.42 Å². The Morgan fingerprint density at radius 1 is 1.33 bits per heavy atom. The molecule has 100 valence electrons. The van der Waals surface area contributed by atoms with Gasteiger partial charge in [0, 0.05) is 37.3 Å². The van der Waals surface area contributed by atoms with E-state index in [2.05, 4.69) is 22.8 Å². The topological polar surface area (TPSA) is 19.6 Å². The van der Waals surface area contributed by atoms with E-state index in [1.165, 1.54) is 50.9 Å². The highest BCUT2D eigenvalue weighted by Gasteiger charge is 2.33. The van der Waals surface area contributed by atoms with Gasteiger partial charge in [-0.05, 0) is 31.9 Å². The van der Waals surface area contributed by atoms with Gasteiger partial charge in [-0.25, -0.2) is 0 Å². The van der Waals surface area contributed by atoms with Crippen molar-refractivity contribution in [3.05, 3.63) is 24.2 Å². The summed E-state index contributed by atoms with van der Waals surface area (Å²) in [5, 5.41) is 0. The van der Waals surface area contributed by atoms with E-state index in [0.717, 1.165) is 12.6 Å². The summed E-state index contributed by atoms with van der Waals surface area (Å²) in [7, 11) is 0. The van der Waals surface area contributed by atoms with E-state index in [9.17, 15) is 0 Å². The van der Waals surface area contributed by atoms with E-state index in [-0.39, 0.29) is 0 Å². The number of nitrogens with zero attached hydrogens (tertiary/aromatic N) is 2. The van der Waals surface area contributed by atoms with E-state index in [0.29, 0.717) is 6.04 Å². The van der Waals surface area contributed by atoms with Crippen LogP contribution < -0.4 is 0 Å². The van der Waals surface area contributed by atoms with Crippen molar-refractivity contribution in [3.63, 3.8) is 0 Å². The van der Waals surface area contributed by atoms with Crippen LogP contribution in [0.15, 0.2) is 23.0 Å². The fourth-order valence-corrected chi connectivity index (χ4v) is 3.51. The Balaban J connectivity index is 1.68. The predicted molar refractivity (Wildman–Crippen MR) is 72.4 cm³/mol. The lowest BCUT2D eigenvalue weighted by atomic mass is 9.95. The van der Waals surface area contributed by atoms with Crippen LogP contribution in [0.25, 0.3) is 0 Å². The van der Waals surface area contributed by atoms with Crippen LogP contribution in [-0.2, 0) is 6.54 Å². The molecule has 2 aliphatic heterocycles. The second kappa shape index (κ2) is 5.45. The zero-order valence-corrected chi connectivity index (χ0v) is 11.3. The summed E-state index contributed by atoms with van der Waals surface area (Å²) in [6, 6.07) is 3.61. The second-order valence-corrected chi connectivity index (χ2v) is 5.77. The van der Waals surface area contributed by atoms with Crippen LogP contribution in [0.4, 0.5) is 0 Å². The smallest absolute Gasteiger partial charge is 0.0947 e. The number of hydrogen-bond acceptors (Lipinski definition) is 3. The van der Waals surface area contributed by atoms with Crippen molar-refractivity contribution < 1.29 is 4.42 Å². The first-order valence-corrected chi connectivity index (χ1v) is 7.36. The molecular weight excluding hydrogens is 224 g/mol. The van der Waals surface area contributed by atoms with Crippen molar-refractivity contribution in [3.8, 4) is 0 Å². The van der Waals surface area contributed by atoms with E-state index < -0.39 is 0 Å². The minimum atomic E-state index is 0.717. The Morgan fingerprint density at radius 3 is 3.06 bits per heavy atom. The summed E-state index contributed by atoms with van der Waals surface area (Å²) in [6.07, 6.45) is 9.12. The molecule has 0 N–H and O–H groups in total. The van der Waals surface area contributed by atoms with Crippen LogP contribution >= 0.6 is 0 Å². The SMILES string of the molecule is CCC1CN2CCCCC2CN1Cc1ccoc1. The molecule has 2 atom stereocenters. The first-order valence-electron chi connectivity index (χ1n) is 7.36. The van der Waals surface area contributed by atoms with Gasteiger partial charge in [0.05, 0.1) is 12.5 Å². The van der Waals surface area contributed by atoms with Crippen LogP contribution in [-0.4, -0.2) is 41.5 Å². The third kappa shape index (κ3) is 2.47. The van der Waals surface area contributed by atoms with Crippen LogP contribution in [0.1, 0.15) is 38.2 Å². The first-order chi connectivity index (χ1) is 8.86. The molecule has 0 radical (unpaired) electrons. The molecule has 3 nitrogen and oxygen atoms in total. The fraction of sp³-hybridized carbons (Fsp3) is 0.733. The average molecular weight is 248 g/mol. The van der Waals surface area contributed by atoms with Gasteiger partial charge in [-0.15, -0.1) is 0 Å². The van der Waals surface area contributed by atoms with Crippen molar-refractivity contribution in [2.75, 3.05) is 19.6 Å². The molecule has 0 aliphatic carbocycles. The highest BCUT2D eigenvalue weighted by atomic mass is 16.3. The molecule has 2 fully saturated rings. The van der Waals surface area contributed by atoms with Crippen molar-refractivity contribution in [1.82, 2.24) is 9.80 Å². The highest BCUT2D eigenvalue weighted by molar-refractivity contribution is 5.06. The molecule has 3 rings (SSSR count). The van der Waals surface area contributed by atoms with Gasteiger partial charge in [0.25, 0.3) is 0 Å². The molecule has 0 bridgehead atoms. The maximum atomic E-state index is 5.19. The average Bonchev–Trinajstić information content (AvgIpc) is 2.91. The molecule has 0 saturated carbocycles. The molecular formula is C15H24N2O. The van der Waals surface area contributed by atoms with Gasteiger partial charge in [0.15, 0.2) is 0 Å². The Hall–Kier alpha value is -0.800. The predicted octanol–water partition coefficient (Wildman–Crippen LogP) is 2.73. The summed E-state index contributed by atoms with van der Waals surface area (Å²) < 4.78 is 5.19. The summed E-state index contributed by atoms with van der Waals surface area (Å²) >= 11 is 0. The van der Waals surface area contributed by atoms with Crippen molar-refractivity contribution in [2.45, 2.75) is 51.2 Å². The van der Waals surface area contributed by atoms with E-state index in [1.807, 2.05) is 6.26 Å². The number of hydrogen-bond donors (Lipinski definition) is 0. The van der Waals surface area contributed by atoms with Crippen molar-refractivity contribution >= 4 is 0 Å². The Bertz CT molecular complexity index is 363. The quantitative estimate of drug-likeness (QED) is 0.820. The molecule has 3 heterocycles. The largest absolute Gasteiger partial charge is 0.472 e. The molecule has 2 unspecified atom stereocenters. The summed E-state index contributed by atoms with van der Waals surface area (Å²) in [5.74, 6) is 0. The molecule has 2 saturated heterocycles. The monoisotopic (exact) mass is 248 g/mol. The van der Waals surface area contributed by atoms with Gasteiger partial charge in [-0.2, -0.15) is 0 Å². The normalized spacial score (nSPS) is 30.3. The number of rotatable bonds is 3. The Labute approximate surface area is 110 Å². The minimum absolute atomic E-state index is 0.717. The zero-order valence-electron chi connectivity index (χ0n) is 11.3. The molecule has 0 spiro atoms. The second-order valence-electron chi connectivity index (χ2n) is 5.77. The summed E-state index contributed by atoms with van der Waals surface area (Å²) in [4.78, 5) is 5.39. The van der Waals surface area contributed by atoms with Gasteiger partial charge >= 0.3 is 0 Å². The van der Waals surface area contributed by atoms with Gasteiger partial charge in [-0.1, -0.05) is 13.3 Å². The molecule has 0 amide bonds. The highest BCUT2D eigenvalue weighted by Crippen LogP contribution is 2.26. The summed E-state index contributed by atoms with van der Waals surface area (Å²) in [5.41, 5.74) is 1.32. The third-order valence-corrected chi connectivity index (χ3v) is 4.59. The fourth-order valence-electron chi connectivity index (χ4n) is 3.51. The molecule has 0 aromatic carbocycles. The van der Waals surface area contributed by atoms with Crippen molar-refractivity contribution in [2.24, 2.45) is 0 Å². The lowest BCUT2D eigenvalue weighted by Crippen LogP contribution is -2.58. The minimum Gasteiger partial charge on any atom is -0.472 e.